The van der Waals surface area contributed by atoms with Crippen molar-refractivity contribution in [1.29, 1.82) is 0 Å². The van der Waals surface area contributed by atoms with E-state index in [0.717, 1.165) is 11.3 Å². The molecule has 144 valence electrons. The number of aromatic nitrogens is 2. The molecule has 1 aromatic heterocycles. The molecule has 1 N–H and O–H groups in total. The average Bonchev–Trinajstić information content (AvgIpc) is 3.07. The number of ether oxygens (including phenoxy) is 2. The van der Waals surface area contributed by atoms with E-state index in [1.54, 1.807) is 0 Å². The predicted octanol–water partition coefficient (Wildman–Crippen LogP) is 3.53. The zero-order valence-electron chi connectivity index (χ0n) is 15.8. The number of carbonyl (C=O) groups is 1. The molecular formula is C20H24FN3O3. The van der Waals surface area contributed by atoms with Crippen LogP contribution in [0.3, 0.4) is 0 Å². The standard InChI is InChI=1S/C20H24FN3O3/c1-4-26-19-10-7-16-11-18(23-24(16)20(19)21)15-5-8-17(9-6-15)27-12-13(2)22-14(3)25/h5-6,8-9,11,13H,4,7,10,12H2,1-3H3,(H,22,25)/t13-/m0/s1. The van der Waals surface area contributed by atoms with E-state index in [2.05, 4.69) is 10.4 Å². The van der Waals surface area contributed by atoms with Crippen LogP contribution in [-0.4, -0.2) is 34.9 Å². The van der Waals surface area contributed by atoms with Gasteiger partial charge in [-0.1, -0.05) is 0 Å². The average molecular weight is 373 g/mol. The number of amides is 1. The Hall–Kier alpha value is -2.83. The molecule has 1 atom stereocenters. The summed E-state index contributed by atoms with van der Waals surface area (Å²) in [6, 6.07) is 9.28. The quantitative estimate of drug-likeness (QED) is 0.806. The molecule has 0 bridgehead atoms. The van der Waals surface area contributed by atoms with Crippen molar-refractivity contribution in [2.24, 2.45) is 0 Å². The number of halogens is 1. The Balaban J connectivity index is 1.70. The van der Waals surface area contributed by atoms with Gasteiger partial charge in [0.15, 0.2) is 5.76 Å². The van der Waals surface area contributed by atoms with E-state index in [9.17, 15) is 9.18 Å². The van der Waals surface area contributed by atoms with Gasteiger partial charge in [0.25, 0.3) is 5.95 Å². The van der Waals surface area contributed by atoms with Gasteiger partial charge >= 0.3 is 0 Å². The Morgan fingerprint density at radius 2 is 2.04 bits per heavy atom. The van der Waals surface area contributed by atoms with Gasteiger partial charge in [0.2, 0.25) is 5.91 Å². The van der Waals surface area contributed by atoms with Crippen LogP contribution in [0.1, 0.15) is 32.9 Å². The highest BCUT2D eigenvalue weighted by molar-refractivity contribution is 5.73. The number of rotatable bonds is 7. The third-order valence-corrected chi connectivity index (χ3v) is 4.23. The van der Waals surface area contributed by atoms with Gasteiger partial charge in [-0.3, -0.25) is 4.79 Å². The molecule has 7 heteroatoms. The van der Waals surface area contributed by atoms with Crippen molar-refractivity contribution in [3.63, 3.8) is 0 Å². The van der Waals surface area contributed by atoms with E-state index < -0.39 is 5.95 Å². The third kappa shape index (κ3) is 4.48. The number of hydrogen-bond donors (Lipinski definition) is 1. The zero-order valence-corrected chi connectivity index (χ0v) is 15.8. The molecule has 0 saturated carbocycles. The Labute approximate surface area is 158 Å². The Morgan fingerprint density at radius 3 is 2.70 bits per heavy atom. The fraction of sp³-hybridized carbons (Fsp3) is 0.400. The lowest BCUT2D eigenvalue weighted by Crippen LogP contribution is -2.35. The van der Waals surface area contributed by atoms with Crippen LogP contribution in [0, 0.1) is 0 Å². The summed E-state index contributed by atoms with van der Waals surface area (Å²) in [5, 5.41) is 7.15. The van der Waals surface area contributed by atoms with Gasteiger partial charge in [-0.15, -0.1) is 0 Å². The Morgan fingerprint density at radius 1 is 1.30 bits per heavy atom. The molecule has 2 aromatic rings. The first kappa shape index (κ1) is 18.9. The highest BCUT2D eigenvalue weighted by Gasteiger charge is 2.22. The SMILES string of the molecule is CCOC1=C(F)n2nc(-c3ccc(OC[C@H](C)NC(C)=O)cc3)cc2CC1. The first-order chi connectivity index (χ1) is 13.0. The number of carbonyl (C=O) groups excluding carboxylic acids is 1. The van der Waals surface area contributed by atoms with Gasteiger partial charge in [-0.25, -0.2) is 4.68 Å². The Kier molecular flexibility index (Phi) is 5.78. The van der Waals surface area contributed by atoms with Crippen LogP contribution in [0.2, 0.25) is 0 Å². The molecule has 1 aromatic carbocycles. The van der Waals surface area contributed by atoms with Crippen molar-refractivity contribution in [2.75, 3.05) is 13.2 Å². The second-order valence-electron chi connectivity index (χ2n) is 6.52. The highest BCUT2D eigenvalue weighted by atomic mass is 19.1. The van der Waals surface area contributed by atoms with Gasteiger partial charge in [-0.05, 0) is 50.6 Å². The van der Waals surface area contributed by atoms with E-state index in [-0.39, 0.29) is 11.9 Å². The van der Waals surface area contributed by atoms with Crippen LogP contribution in [0.5, 0.6) is 5.75 Å². The van der Waals surface area contributed by atoms with Crippen molar-refractivity contribution in [3.05, 3.63) is 41.8 Å². The first-order valence-electron chi connectivity index (χ1n) is 9.09. The molecule has 27 heavy (non-hydrogen) atoms. The number of fused-ring (bicyclic) bond motifs is 1. The van der Waals surface area contributed by atoms with Crippen LogP contribution in [0.25, 0.3) is 17.2 Å². The summed E-state index contributed by atoms with van der Waals surface area (Å²) in [5.74, 6) is 0.538. The summed E-state index contributed by atoms with van der Waals surface area (Å²) in [6.45, 7) is 6.02. The van der Waals surface area contributed by atoms with Crippen molar-refractivity contribution in [1.82, 2.24) is 15.1 Å². The zero-order chi connectivity index (χ0) is 19.4. The number of allylic oxidation sites excluding steroid dienone is 1. The van der Waals surface area contributed by atoms with Crippen molar-refractivity contribution in [3.8, 4) is 17.0 Å². The summed E-state index contributed by atoms with van der Waals surface area (Å²) < 4.78 is 26.8. The molecule has 0 aliphatic carbocycles. The molecule has 0 unspecified atom stereocenters. The molecule has 0 radical (unpaired) electrons. The minimum atomic E-state index is -0.434. The van der Waals surface area contributed by atoms with Crippen molar-refractivity contribution < 1.29 is 18.7 Å². The molecule has 0 spiro atoms. The van der Waals surface area contributed by atoms with Crippen LogP contribution in [0.15, 0.2) is 36.1 Å². The van der Waals surface area contributed by atoms with E-state index in [0.29, 0.717) is 43.3 Å². The lowest BCUT2D eigenvalue weighted by atomic mass is 10.1. The summed E-state index contributed by atoms with van der Waals surface area (Å²) in [4.78, 5) is 11.0. The first-order valence-corrected chi connectivity index (χ1v) is 9.09. The summed E-state index contributed by atoms with van der Waals surface area (Å²) in [6.07, 6.45) is 1.24. The number of hydrogen-bond acceptors (Lipinski definition) is 4. The fourth-order valence-corrected chi connectivity index (χ4v) is 3.01. The molecule has 2 heterocycles. The van der Waals surface area contributed by atoms with E-state index in [4.69, 9.17) is 9.47 Å². The normalized spacial score (nSPS) is 14.5. The molecule has 3 rings (SSSR count). The fourth-order valence-electron chi connectivity index (χ4n) is 3.01. The smallest absolute Gasteiger partial charge is 0.252 e. The maximum absolute atomic E-state index is 14.5. The largest absolute Gasteiger partial charge is 0.493 e. The van der Waals surface area contributed by atoms with Gasteiger partial charge in [0, 0.05) is 24.6 Å². The van der Waals surface area contributed by atoms with Crippen molar-refractivity contribution in [2.45, 2.75) is 39.7 Å². The third-order valence-electron chi connectivity index (χ3n) is 4.23. The maximum atomic E-state index is 14.5. The molecular weight excluding hydrogens is 349 g/mol. The van der Waals surface area contributed by atoms with Crippen LogP contribution >= 0.6 is 0 Å². The minimum absolute atomic E-state index is 0.0728. The monoisotopic (exact) mass is 373 g/mol. The molecule has 0 saturated heterocycles. The predicted molar refractivity (Wildman–Crippen MR) is 101 cm³/mol. The molecule has 6 nitrogen and oxygen atoms in total. The lowest BCUT2D eigenvalue weighted by Gasteiger charge is -2.16. The minimum Gasteiger partial charge on any atom is -0.493 e. The molecule has 1 aliphatic heterocycles. The summed E-state index contributed by atoms with van der Waals surface area (Å²) in [5.41, 5.74) is 2.41. The second kappa shape index (κ2) is 8.24. The topological polar surface area (TPSA) is 65.4 Å². The van der Waals surface area contributed by atoms with Gasteiger partial charge < -0.3 is 14.8 Å². The van der Waals surface area contributed by atoms with Crippen LogP contribution < -0.4 is 10.1 Å². The lowest BCUT2D eigenvalue weighted by molar-refractivity contribution is -0.119. The van der Waals surface area contributed by atoms with Gasteiger partial charge in [0.1, 0.15) is 12.4 Å². The van der Waals surface area contributed by atoms with Gasteiger partial charge in [-0.2, -0.15) is 9.49 Å². The summed E-state index contributed by atoms with van der Waals surface area (Å²) >= 11 is 0. The number of benzene rings is 1. The molecule has 1 amide bonds. The maximum Gasteiger partial charge on any atom is 0.252 e. The van der Waals surface area contributed by atoms with E-state index >= 15 is 0 Å². The molecule has 0 fully saturated rings. The number of nitrogens with one attached hydrogen (secondary N) is 1. The summed E-state index contributed by atoms with van der Waals surface area (Å²) in [7, 11) is 0. The van der Waals surface area contributed by atoms with Gasteiger partial charge in [0.05, 0.1) is 18.3 Å². The van der Waals surface area contributed by atoms with Crippen LogP contribution in [-0.2, 0) is 16.0 Å². The Bertz CT molecular complexity index is 843. The highest BCUT2D eigenvalue weighted by Crippen LogP contribution is 2.30. The number of aryl methyl sites for hydroxylation is 1. The van der Waals surface area contributed by atoms with E-state index in [1.165, 1.54) is 11.6 Å². The van der Waals surface area contributed by atoms with Crippen molar-refractivity contribution >= 4 is 11.9 Å². The van der Waals surface area contributed by atoms with E-state index in [1.807, 2.05) is 44.2 Å². The second-order valence-corrected chi connectivity index (χ2v) is 6.52. The molecule has 1 aliphatic rings. The van der Waals surface area contributed by atoms with Crippen LogP contribution in [0.4, 0.5) is 4.39 Å². The number of nitrogens with zero attached hydrogens (tertiary/aromatic N) is 2.